The summed E-state index contributed by atoms with van der Waals surface area (Å²) in [6.45, 7) is 21.5. The zero-order valence-corrected chi connectivity index (χ0v) is 81.3. The van der Waals surface area contributed by atoms with Gasteiger partial charge in [0.15, 0.2) is 0 Å². The Balaban J connectivity index is 0.000000262. The van der Waals surface area contributed by atoms with Crippen LogP contribution in [-0.4, -0.2) is 147 Å². The van der Waals surface area contributed by atoms with Gasteiger partial charge in [0, 0.05) is 52.3 Å². The number of nitrogens with one attached hydrogen (secondary N) is 3. The van der Waals surface area contributed by atoms with E-state index >= 15 is 0 Å². The minimum atomic E-state index is -4.40. The van der Waals surface area contributed by atoms with Crippen LogP contribution in [0.4, 0.5) is 65.9 Å². The maximum atomic E-state index is 12.7. The highest BCUT2D eigenvalue weighted by atomic mass is 28.3. The molecule has 0 radical (unpaired) electrons. The number of hydrogen-bond acceptors (Lipinski definition) is 22. The third-order valence-electron chi connectivity index (χ3n) is 19.1. The lowest BCUT2D eigenvalue weighted by atomic mass is 9.98. The molecule has 26 nitrogen and oxygen atoms in total. The fourth-order valence-electron chi connectivity index (χ4n) is 12.1. The van der Waals surface area contributed by atoms with Crippen LogP contribution in [0, 0.1) is 0 Å². The Bertz CT molecular complexity index is 6120. The molecule has 1 aliphatic rings. The molecule has 0 aliphatic carbocycles. The number of benzene rings is 10. The molecule has 766 valence electrons. The summed E-state index contributed by atoms with van der Waals surface area (Å²) in [5, 5.41) is 73.0. The lowest BCUT2D eigenvalue weighted by molar-refractivity contribution is -0.166. The predicted molar refractivity (Wildman–Crippen MR) is 505 cm³/mol. The number of alkyl halides is 15. The average molecular weight is 2050 g/mol. The molecule has 11 N–H and O–H groups in total. The lowest BCUT2D eigenvalue weighted by Crippen LogP contribution is -2.45. The van der Waals surface area contributed by atoms with E-state index in [0.29, 0.717) is 94.9 Å². The van der Waals surface area contributed by atoms with E-state index in [2.05, 4.69) is 80.7 Å². The number of carbonyl (C=O) groups is 5. The first-order valence-corrected chi connectivity index (χ1v) is 50.7. The van der Waals surface area contributed by atoms with Crippen LogP contribution in [0.5, 0.6) is 0 Å². The van der Waals surface area contributed by atoms with Gasteiger partial charge in [-0.15, -0.1) is 30.6 Å². The summed E-state index contributed by atoms with van der Waals surface area (Å²) in [6.07, 6.45) is -23.4. The Hall–Kier alpha value is -13.8. The van der Waals surface area contributed by atoms with Crippen molar-refractivity contribution in [2.75, 3.05) is 26.4 Å². The summed E-state index contributed by atoms with van der Waals surface area (Å²) in [5.74, 6) is 1.75. The van der Waals surface area contributed by atoms with Crippen molar-refractivity contribution in [3.05, 3.63) is 355 Å². The summed E-state index contributed by atoms with van der Waals surface area (Å²) in [5.41, 5.74) is 12.8. The van der Waals surface area contributed by atoms with Crippen molar-refractivity contribution in [3.8, 4) is 34.4 Å². The molecule has 1 saturated heterocycles. The van der Waals surface area contributed by atoms with Gasteiger partial charge in [0.25, 0.3) is 29.5 Å². The number of carboxylic acid groups (broad SMARTS) is 1. The van der Waals surface area contributed by atoms with Crippen molar-refractivity contribution in [1.82, 2.24) is 46.9 Å². The minimum absolute atomic E-state index is 0.0840. The van der Waals surface area contributed by atoms with Gasteiger partial charge in [-0.2, -0.15) is 65.9 Å². The number of aliphatic carboxylic acids is 1. The van der Waals surface area contributed by atoms with Gasteiger partial charge in [-0.1, -0.05) is 191 Å². The standard InChI is InChI=1S/C20H17F3N2O3.C18H17F3N2O3.C18H15F3N2O2.C18H13F3N2O2.C15H13F3N2O.C3H6O3.2C3H10Si.C2H6O2/c1-19(26-10-11-27-19)18-25-24-17(28-18)16-5-3-2-4-14(16)12-13-6-8-15(9-7-13)20(21,22)23;1-11(24)16(25)22-23-17(26)15-5-3-2-4-13(15)10-12-6-8-14(9-7-12)18(19,20)21;2*1-11(24)16-22-23-17(25-16)15-5-3-2-4-13(15)10-12-6-8-14(9-7-12)18(19,20)21;16-15(17,18)12-7-5-10(6-8-12)9-11-3-1-2-4-13(11)14(21)20-19;1-2(4)3(5)6;2*1-4(2)3;3-1-2-4/h2-9H,10-12H2,1H3;2-9,11,24H,10H2,1H3,(H,22,25)(H,23,26);2-9,11,24H,10H2,1H3;2-9H,10H2,1H3;1-8H,9,19H2,(H,20,21);2,4H,1H3,(H,5,6);2*4H,1-3H3;3-4H,1-2H2. The number of aliphatic hydroxyl groups is 5. The zero-order chi connectivity index (χ0) is 106. The topological polar surface area (TPSA) is 404 Å². The van der Waals surface area contributed by atoms with Crippen LogP contribution in [0.3, 0.4) is 0 Å². The summed E-state index contributed by atoms with van der Waals surface area (Å²) in [6, 6.07) is 59.8. The molecule has 1 aliphatic heterocycles. The quantitative estimate of drug-likeness (QED) is 0.00797. The van der Waals surface area contributed by atoms with Gasteiger partial charge in [0.2, 0.25) is 35.1 Å². The van der Waals surface area contributed by atoms with E-state index in [9.17, 15) is 94.9 Å². The molecule has 3 aromatic heterocycles. The van der Waals surface area contributed by atoms with Crippen molar-refractivity contribution >= 4 is 47.1 Å². The number of ether oxygens (including phenoxy) is 2. The molecule has 13 aromatic rings. The summed E-state index contributed by atoms with van der Waals surface area (Å²) in [7, 11) is -0.278. The number of halogens is 15. The van der Waals surface area contributed by atoms with Gasteiger partial charge in [0.05, 0.1) is 54.2 Å². The summed E-state index contributed by atoms with van der Waals surface area (Å²) < 4.78 is 217. The molecule has 3 amide bonds. The third-order valence-corrected chi connectivity index (χ3v) is 19.1. The molecular formula is C100H107F15N10O16Si2. The fraction of sp³-hybridized carbons (Fsp3) is 0.290. The van der Waals surface area contributed by atoms with E-state index in [1.807, 2.05) is 54.0 Å². The second kappa shape index (κ2) is 55.6. The molecule has 0 saturated carbocycles. The second-order valence-corrected chi connectivity index (χ2v) is 39.7. The van der Waals surface area contributed by atoms with Crippen molar-refractivity contribution < 1.29 is 143 Å². The molecule has 0 bridgehead atoms. The van der Waals surface area contributed by atoms with Crippen molar-refractivity contribution in [1.29, 1.82) is 0 Å². The predicted octanol–water partition coefficient (Wildman–Crippen LogP) is 19.5. The van der Waals surface area contributed by atoms with E-state index in [1.165, 1.54) is 94.4 Å². The number of hydrogen-bond donors (Lipinski definition) is 10. The fourth-order valence-corrected chi connectivity index (χ4v) is 12.1. The number of carboxylic acids is 1. The van der Waals surface area contributed by atoms with Crippen LogP contribution >= 0.6 is 0 Å². The van der Waals surface area contributed by atoms with Crippen LogP contribution < -0.4 is 22.1 Å². The largest absolute Gasteiger partial charge is 0.479 e. The molecule has 143 heavy (non-hydrogen) atoms. The highest BCUT2D eigenvalue weighted by Crippen LogP contribution is 2.38. The van der Waals surface area contributed by atoms with Gasteiger partial charge in [-0.05, 0) is 206 Å². The SMILES string of the molecule is CC(=O)c1nnc(-c2ccccc2Cc2ccc(C(F)(F)F)cc2)o1.CC(O)C(=O)NNC(=O)c1ccccc1Cc1ccc(C(F)(F)F)cc1.CC(O)C(=O)O.CC(O)c1nnc(-c2ccccc2Cc2ccc(C(F)(F)F)cc2)o1.CC1(c2nnc(-c3ccccc3Cc3ccc(C(F)(F)F)cc3)o2)OCCO1.C[SiH](C)C.C[SiH](C)C.NNC(=O)c1ccccc1Cc1ccc(C(F)(F)F)cc1.OCCO. The normalized spacial score (nSPS) is 12.7. The van der Waals surface area contributed by atoms with E-state index < -0.39 is 106 Å². The molecule has 3 atom stereocenters. The Labute approximate surface area is 815 Å². The third kappa shape index (κ3) is 39.6. The second-order valence-electron chi connectivity index (χ2n) is 32.8. The maximum absolute atomic E-state index is 12.7. The van der Waals surface area contributed by atoms with E-state index in [0.717, 1.165) is 88.5 Å². The first-order valence-electron chi connectivity index (χ1n) is 43.8. The number of ketones is 1. The first-order chi connectivity index (χ1) is 67.2. The molecule has 0 spiro atoms. The Morgan fingerprint density at radius 3 is 0.930 bits per heavy atom. The molecule has 1 fully saturated rings. The Morgan fingerprint density at radius 1 is 0.385 bits per heavy atom. The van der Waals surface area contributed by atoms with Gasteiger partial charge >= 0.3 is 36.9 Å². The van der Waals surface area contributed by atoms with Gasteiger partial charge in [0.1, 0.15) is 18.3 Å². The minimum Gasteiger partial charge on any atom is -0.479 e. The van der Waals surface area contributed by atoms with Crippen molar-refractivity contribution in [3.63, 3.8) is 0 Å². The van der Waals surface area contributed by atoms with E-state index in [-0.39, 0.29) is 78.0 Å². The zero-order valence-electron chi connectivity index (χ0n) is 79.0. The van der Waals surface area contributed by atoms with E-state index in [1.54, 1.807) is 73.7 Å². The number of aliphatic hydroxyl groups excluding tert-OH is 5. The number of rotatable bonds is 21. The Morgan fingerprint density at radius 2 is 0.657 bits per heavy atom. The number of hydrazine groups is 2. The molecule has 3 unspecified atom stereocenters. The summed E-state index contributed by atoms with van der Waals surface area (Å²) >= 11 is 0. The van der Waals surface area contributed by atoms with Crippen LogP contribution in [0.25, 0.3) is 34.4 Å². The maximum Gasteiger partial charge on any atom is 0.416 e. The van der Waals surface area contributed by atoms with Gasteiger partial charge in [-0.3, -0.25) is 35.5 Å². The van der Waals surface area contributed by atoms with Crippen LogP contribution in [-0.2, 0) is 87.8 Å². The average Bonchev–Trinajstić information content (AvgIpc) is 1.66. The molecule has 4 heterocycles. The first kappa shape index (κ1) is 118. The Kier molecular flexibility index (Phi) is 45.9. The number of nitrogens with two attached hydrogens (primary N) is 1. The van der Waals surface area contributed by atoms with Crippen LogP contribution in [0.1, 0.15) is 167 Å². The number of nitrogen functional groups attached to an aromatic ring is 1. The van der Waals surface area contributed by atoms with Crippen molar-refractivity contribution in [2.45, 2.75) is 161 Å². The van der Waals surface area contributed by atoms with E-state index in [4.69, 9.17) is 54.1 Å². The molecule has 43 heteroatoms. The van der Waals surface area contributed by atoms with Crippen LogP contribution in [0.2, 0.25) is 39.3 Å². The molecular weight excluding hydrogens is 1940 g/mol. The highest BCUT2D eigenvalue weighted by molar-refractivity contribution is 6.54. The number of Topliss-reactive ketones (excluding diaryl/α,β-unsaturated/α-hetero) is 1. The summed E-state index contributed by atoms with van der Waals surface area (Å²) in [4.78, 5) is 55.9. The van der Waals surface area contributed by atoms with Crippen molar-refractivity contribution in [2.24, 2.45) is 5.84 Å². The lowest BCUT2D eigenvalue weighted by Gasteiger charge is -2.16. The number of aromatic nitrogens is 6. The highest BCUT2D eigenvalue weighted by Gasteiger charge is 2.40. The molecule has 10 aromatic carbocycles. The van der Waals surface area contributed by atoms with Crippen LogP contribution in [0.15, 0.2) is 256 Å². The van der Waals surface area contributed by atoms with Gasteiger partial charge in [-0.25, -0.2) is 10.6 Å². The number of carbonyl (C=O) groups excluding carboxylic acids is 4. The number of amides is 3. The van der Waals surface area contributed by atoms with Gasteiger partial charge < -0.3 is 53.4 Å². The number of nitrogens with zero attached hydrogens (tertiary/aromatic N) is 6. The monoisotopic (exact) mass is 2040 g/mol. The smallest absolute Gasteiger partial charge is 0.416 e. The molecule has 14 rings (SSSR count).